The smallest absolute Gasteiger partial charge is 0.0478 e. The molecule has 0 radical (unpaired) electrons. The van der Waals surface area contributed by atoms with Gasteiger partial charge in [-0.15, -0.1) is 6.58 Å². The molecule has 0 saturated heterocycles. The van der Waals surface area contributed by atoms with Crippen LogP contribution < -0.4 is 5.73 Å². The fourth-order valence-electron chi connectivity index (χ4n) is 0.850. The Balaban J connectivity index is 2.95. The number of nitrogens with two attached hydrogens (primary N) is 1. The predicted octanol–water partition coefficient (Wildman–Crippen LogP) is 2.63. The van der Waals surface area contributed by atoms with Crippen molar-refractivity contribution in [2.45, 2.75) is 6.04 Å². The zero-order chi connectivity index (χ0) is 8.27. The van der Waals surface area contributed by atoms with E-state index in [1.807, 2.05) is 24.3 Å². The molecule has 2 N–H and O–H groups in total. The van der Waals surface area contributed by atoms with Crippen molar-refractivity contribution in [2.75, 3.05) is 0 Å². The van der Waals surface area contributed by atoms with Crippen molar-refractivity contribution in [3.05, 3.63) is 47.0 Å². The van der Waals surface area contributed by atoms with E-state index in [1.54, 1.807) is 6.08 Å². The third-order valence-electron chi connectivity index (χ3n) is 1.49. The van der Waals surface area contributed by atoms with Gasteiger partial charge >= 0.3 is 0 Å². The van der Waals surface area contributed by atoms with Crippen molar-refractivity contribution in [1.29, 1.82) is 0 Å². The van der Waals surface area contributed by atoms with Gasteiger partial charge in [-0.05, 0) is 17.7 Å². The minimum absolute atomic E-state index is 0.0625. The number of benzene rings is 1. The Hall–Kier alpha value is -0.600. The maximum Gasteiger partial charge on any atom is 0.0478 e. The molecule has 1 nitrogen and oxygen atoms in total. The molecule has 0 unspecified atom stereocenters. The van der Waals surface area contributed by atoms with E-state index in [0.29, 0.717) is 0 Å². The highest BCUT2D eigenvalue weighted by atomic mass is 79.9. The predicted molar refractivity (Wildman–Crippen MR) is 51.3 cm³/mol. The van der Waals surface area contributed by atoms with Crippen LogP contribution in [0.15, 0.2) is 41.4 Å². The van der Waals surface area contributed by atoms with Gasteiger partial charge < -0.3 is 5.73 Å². The summed E-state index contributed by atoms with van der Waals surface area (Å²) in [7, 11) is 0. The topological polar surface area (TPSA) is 26.0 Å². The summed E-state index contributed by atoms with van der Waals surface area (Å²) in [5, 5.41) is 0. The Labute approximate surface area is 75.0 Å². The van der Waals surface area contributed by atoms with Gasteiger partial charge in [0.05, 0.1) is 0 Å². The molecule has 0 saturated carbocycles. The van der Waals surface area contributed by atoms with E-state index in [1.165, 1.54) is 0 Å². The lowest BCUT2D eigenvalue weighted by Crippen LogP contribution is -2.05. The summed E-state index contributed by atoms with van der Waals surface area (Å²) in [5.74, 6) is 0. The summed E-state index contributed by atoms with van der Waals surface area (Å²) in [6.45, 7) is 3.63. The van der Waals surface area contributed by atoms with Gasteiger partial charge in [-0.3, -0.25) is 0 Å². The molecule has 0 amide bonds. The van der Waals surface area contributed by atoms with Gasteiger partial charge in [0.2, 0.25) is 0 Å². The maximum absolute atomic E-state index is 5.72. The van der Waals surface area contributed by atoms with Crippen molar-refractivity contribution in [1.82, 2.24) is 0 Å². The third kappa shape index (κ3) is 2.17. The minimum atomic E-state index is -0.0625. The van der Waals surface area contributed by atoms with Crippen LogP contribution in [-0.4, -0.2) is 0 Å². The number of hydrogen-bond acceptors (Lipinski definition) is 1. The lowest BCUT2D eigenvalue weighted by Gasteiger charge is -2.05. The van der Waals surface area contributed by atoms with Crippen LogP contribution in [0.2, 0.25) is 0 Å². The van der Waals surface area contributed by atoms with Gasteiger partial charge in [0.25, 0.3) is 0 Å². The molecule has 0 aliphatic heterocycles. The molecule has 1 rings (SSSR count). The van der Waals surface area contributed by atoms with Crippen molar-refractivity contribution in [2.24, 2.45) is 5.73 Å². The summed E-state index contributed by atoms with van der Waals surface area (Å²) in [5.41, 5.74) is 6.80. The molecular weight excluding hydrogens is 202 g/mol. The second kappa shape index (κ2) is 3.69. The molecule has 0 fully saturated rings. The molecule has 0 aliphatic rings. The molecule has 1 atom stereocenters. The van der Waals surface area contributed by atoms with Gasteiger partial charge in [0.1, 0.15) is 0 Å². The van der Waals surface area contributed by atoms with E-state index in [2.05, 4.69) is 22.5 Å². The highest BCUT2D eigenvalue weighted by Crippen LogP contribution is 2.16. The molecule has 58 valence electrons. The summed E-state index contributed by atoms with van der Waals surface area (Å²) < 4.78 is 1.05. The molecule has 0 heterocycles. The van der Waals surface area contributed by atoms with Crippen LogP contribution in [0.3, 0.4) is 0 Å². The van der Waals surface area contributed by atoms with Crippen molar-refractivity contribution in [3.63, 3.8) is 0 Å². The fourth-order valence-corrected chi connectivity index (χ4v) is 1.27. The third-order valence-corrected chi connectivity index (χ3v) is 1.98. The number of rotatable bonds is 2. The van der Waals surface area contributed by atoms with Gasteiger partial charge in [0.15, 0.2) is 0 Å². The van der Waals surface area contributed by atoms with Crippen LogP contribution in [-0.2, 0) is 0 Å². The molecule has 0 bridgehead atoms. The lowest BCUT2D eigenvalue weighted by atomic mass is 10.1. The second-order valence-corrected chi connectivity index (χ2v) is 3.23. The zero-order valence-corrected chi connectivity index (χ0v) is 7.71. The summed E-state index contributed by atoms with van der Waals surface area (Å²) in [6.07, 6.45) is 1.72. The highest BCUT2D eigenvalue weighted by molar-refractivity contribution is 9.10. The molecule has 11 heavy (non-hydrogen) atoms. The molecular formula is C9H10BrN. The average Bonchev–Trinajstić information content (AvgIpc) is 2.03. The summed E-state index contributed by atoms with van der Waals surface area (Å²) in [6, 6.07) is 7.85. The maximum atomic E-state index is 5.72. The van der Waals surface area contributed by atoms with Crippen molar-refractivity contribution >= 4 is 15.9 Å². The largest absolute Gasteiger partial charge is 0.321 e. The van der Waals surface area contributed by atoms with Gasteiger partial charge in [-0.2, -0.15) is 0 Å². The quantitative estimate of drug-likeness (QED) is 0.749. The summed E-state index contributed by atoms with van der Waals surface area (Å²) in [4.78, 5) is 0. The summed E-state index contributed by atoms with van der Waals surface area (Å²) >= 11 is 3.37. The Morgan fingerprint density at radius 3 is 2.82 bits per heavy atom. The zero-order valence-electron chi connectivity index (χ0n) is 6.13. The van der Waals surface area contributed by atoms with Crippen LogP contribution >= 0.6 is 15.9 Å². The Morgan fingerprint density at radius 1 is 1.55 bits per heavy atom. The standard InChI is InChI=1S/C9H10BrN/c1-2-9(11)7-4-3-5-8(10)6-7/h2-6,9H,1,11H2/t9-/m1/s1. The van der Waals surface area contributed by atoms with E-state index in [4.69, 9.17) is 5.73 Å². The van der Waals surface area contributed by atoms with Crippen molar-refractivity contribution in [3.8, 4) is 0 Å². The van der Waals surface area contributed by atoms with Gasteiger partial charge in [0, 0.05) is 10.5 Å². The molecule has 1 aromatic carbocycles. The monoisotopic (exact) mass is 211 g/mol. The van der Waals surface area contributed by atoms with Crippen molar-refractivity contribution < 1.29 is 0 Å². The van der Waals surface area contributed by atoms with Crippen LogP contribution in [0.4, 0.5) is 0 Å². The van der Waals surface area contributed by atoms with E-state index >= 15 is 0 Å². The Bertz CT molecular complexity index is 257. The van der Waals surface area contributed by atoms with Crippen LogP contribution in [0.5, 0.6) is 0 Å². The second-order valence-electron chi connectivity index (χ2n) is 2.32. The lowest BCUT2D eigenvalue weighted by molar-refractivity contribution is 0.913. The van der Waals surface area contributed by atoms with Crippen LogP contribution in [0.25, 0.3) is 0 Å². The Kier molecular flexibility index (Phi) is 2.85. The minimum Gasteiger partial charge on any atom is -0.321 e. The van der Waals surface area contributed by atoms with E-state index in [0.717, 1.165) is 10.0 Å². The van der Waals surface area contributed by atoms with E-state index in [-0.39, 0.29) is 6.04 Å². The molecule has 1 aromatic rings. The molecule has 0 spiro atoms. The fraction of sp³-hybridized carbons (Fsp3) is 0.111. The number of halogens is 1. The highest BCUT2D eigenvalue weighted by Gasteiger charge is 1.99. The Morgan fingerprint density at radius 2 is 2.27 bits per heavy atom. The molecule has 0 aliphatic carbocycles. The average molecular weight is 212 g/mol. The first-order valence-corrected chi connectivity index (χ1v) is 4.17. The van der Waals surface area contributed by atoms with Gasteiger partial charge in [-0.25, -0.2) is 0 Å². The first kappa shape index (κ1) is 8.50. The number of hydrogen-bond donors (Lipinski definition) is 1. The normalized spacial score (nSPS) is 12.5. The van der Waals surface area contributed by atoms with E-state index < -0.39 is 0 Å². The van der Waals surface area contributed by atoms with Crippen LogP contribution in [0, 0.1) is 0 Å². The van der Waals surface area contributed by atoms with Gasteiger partial charge in [-0.1, -0.05) is 34.1 Å². The van der Waals surface area contributed by atoms with E-state index in [9.17, 15) is 0 Å². The first-order chi connectivity index (χ1) is 5.24. The molecule has 0 aromatic heterocycles. The first-order valence-electron chi connectivity index (χ1n) is 3.37. The van der Waals surface area contributed by atoms with Crippen LogP contribution in [0.1, 0.15) is 11.6 Å². The molecule has 2 heteroatoms. The SMILES string of the molecule is C=C[C@@H](N)c1cccc(Br)c1.